The molecule has 0 amide bonds. The number of nitro groups is 1. The summed E-state index contributed by atoms with van der Waals surface area (Å²) in [6.45, 7) is 0.582. The number of rotatable bonds is 7. The molecule has 0 saturated heterocycles. The van der Waals surface area contributed by atoms with E-state index in [-0.39, 0.29) is 4.34 Å². The van der Waals surface area contributed by atoms with Crippen molar-refractivity contribution < 1.29 is 28.3 Å². The summed E-state index contributed by atoms with van der Waals surface area (Å²) in [4.78, 5) is 20.3. The predicted octanol–water partition coefficient (Wildman–Crippen LogP) is 0.814. The van der Waals surface area contributed by atoms with Crippen LogP contribution >= 0.6 is 22.9 Å². The molecule has 9 nitrogen and oxygen atoms in total. The van der Waals surface area contributed by atoms with Crippen LogP contribution in [-0.2, 0) is 14.8 Å². The zero-order valence-corrected chi connectivity index (χ0v) is 13.0. The van der Waals surface area contributed by atoms with Gasteiger partial charge in [0.15, 0.2) is 4.34 Å². The van der Waals surface area contributed by atoms with E-state index >= 15 is 0 Å². The number of carboxylic acids is 1. The van der Waals surface area contributed by atoms with Crippen molar-refractivity contribution in [2.75, 3.05) is 6.54 Å². The van der Waals surface area contributed by atoms with Crippen molar-refractivity contribution in [3.05, 3.63) is 20.5 Å². The summed E-state index contributed by atoms with van der Waals surface area (Å²) in [6.07, 6.45) is -0.666. The summed E-state index contributed by atoms with van der Waals surface area (Å²) in [5.41, 5.74) is -2.34. The number of sulfonamides is 1. The third-order valence-electron chi connectivity index (χ3n) is 2.28. The van der Waals surface area contributed by atoms with Crippen LogP contribution in [0.2, 0.25) is 4.34 Å². The highest BCUT2D eigenvalue weighted by Gasteiger charge is 2.29. The number of hydrogen-bond acceptors (Lipinski definition) is 7. The molecule has 1 unspecified atom stereocenters. The van der Waals surface area contributed by atoms with Gasteiger partial charge in [-0.05, 0) is 6.92 Å². The van der Waals surface area contributed by atoms with Gasteiger partial charge in [-0.25, -0.2) is 13.1 Å². The van der Waals surface area contributed by atoms with Crippen LogP contribution in [0.3, 0.4) is 0 Å². The molecule has 0 spiro atoms. The number of thiophene rings is 1. The van der Waals surface area contributed by atoms with Crippen molar-refractivity contribution in [1.29, 1.82) is 0 Å². The largest absolute Gasteiger partial charge is 0.481 e. The van der Waals surface area contributed by atoms with Crippen LogP contribution in [0.25, 0.3) is 0 Å². The van der Waals surface area contributed by atoms with Crippen molar-refractivity contribution in [3.8, 4) is 0 Å². The summed E-state index contributed by atoms with van der Waals surface area (Å²) >= 11 is 6.05. The molecule has 0 aliphatic heterocycles. The van der Waals surface area contributed by atoms with E-state index < -0.39 is 49.4 Å². The van der Waals surface area contributed by atoms with Gasteiger partial charge in [0.1, 0.15) is 4.21 Å². The number of aliphatic hydroxyl groups is 1. The molecule has 1 atom stereocenters. The average Bonchev–Trinajstić information content (AvgIpc) is 2.68. The first-order valence-corrected chi connectivity index (χ1v) is 8.00. The molecule has 0 fully saturated rings. The average molecular weight is 359 g/mol. The van der Waals surface area contributed by atoms with Gasteiger partial charge in [-0.15, -0.1) is 11.3 Å². The lowest BCUT2D eigenvalue weighted by Crippen LogP contribution is -2.41. The van der Waals surface area contributed by atoms with Gasteiger partial charge in [0.05, 0.1) is 16.9 Å². The molecule has 1 rings (SSSR count). The smallest absolute Gasteiger partial charge is 0.306 e. The summed E-state index contributed by atoms with van der Waals surface area (Å²) in [7, 11) is -4.14. The fraction of sp³-hybridized carbons (Fsp3) is 0.444. The highest BCUT2D eigenvalue weighted by Crippen LogP contribution is 2.36. The molecule has 1 aromatic heterocycles. The third kappa shape index (κ3) is 4.89. The molecule has 1 aromatic rings. The number of aliphatic carboxylic acids is 1. The van der Waals surface area contributed by atoms with E-state index in [0.29, 0.717) is 11.3 Å². The second-order valence-electron chi connectivity index (χ2n) is 4.37. The van der Waals surface area contributed by atoms with Gasteiger partial charge in [-0.2, -0.15) is 0 Å². The van der Waals surface area contributed by atoms with Gasteiger partial charge >= 0.3 is 5.97 Å². The molecule has 0 aliphatic rings. The van der Waals surface area contributed by atoms with Crippen LogP contribution in [-0.4, -0.2) is 41.7 Å². The monoisotopic (exact) mass is 358 g/mol. The van der Waals surface area contributed by atoms with Gasteiger partial charge in [-0.1, -0.05) is 11.6 Å². The Hall–Kier alpha value is -1.27. The second kappa shape index (κ2) is 6.23. The quantitative estimate of drug-likeness (QED) is 0.482. The summed E-state index contributed by atoms with van der Waals surface area (Å²) in [5, 5.41) is 28.9. The number of carboxylic acid groups (broad SMARTS) is 1. The minimum absolute atomic E-state index is 0.294. The lowest BCUT2D eigenvalue weighted by molar-refractivity contribution is -0.384. The Morgan fingerprint density at radius 2 is 2.19 bits per heavy atom. The highest BCUT2D eigenvalue weighted by molar-refractivity contribution is 7.91. The Morgan fingerprint density at radius 1 is 1.62 bits per heavy atom. The van der Waals surface area contributed by atoms with Crippen molar-refractivity contribution in [1.82, 2.24) is 4.72 Å². The van der Waals surface area contributed by atoms with E-state index in [1.54, 1.807) is 0 Å². The van der Waals surface area contributed by atoms with Crippen LogP contribution in [0, 0.1) is 10.1 Å². The van der Waals surface area contributed by atoms with Crippen LogP contribution in [0.15, 0.2) is 10.3 Å². The topological polar surface area (TPSA) is 147 Å². The lowest BCUT2D eigenvalue weighted by Gasteiger charge is -2.20. The Morgan fingerprint density at radius 3 is 2.62 bits per heavy atom. The Kier molecular flexibility index (Phi) is 5.28. The maximum atomic E-state index is 11.9. The molecule has 0 radical (unpaired) electrons. The normalized spacial score (nSPS) is 14.6. The minimum atomic E-state index is -4.14. The number of carbonyl (C=O) groups is 1. The van der Waals surface area contributed by atoms with E-state index in [1.807, 2.05) is 4.72 Å². The van der Waals surface area contributed by atoms with E-state index in [0.717, 1.165) is 13.0 Å². The maximum absolute atomic E-state index is 11.9. The van der Waals surface area contributed by atoms with Gasteiger partial charge in [0.25, 0.3) is 5.69 Å². The van der Waals surface area contributed by atoms with Crippen LogP contribution in [0.1, 0.15) is 13.3 Å². The number of halogens is 1. The SMILES string of the molecule is CC(O)(CNS(=O)(=O)c1cc([N+](=O)[O-])c(Cl)s1)CC(=O)O. The molecule has 0 saturated carbocycles. The van der Waals surface area contributed by atoms with Gasteiger partial charge in [0.2, 0.25) is 10.0 Å². The maximum Gasteiger partial charge on any atom is 0.306 e. The first-order valence-electron chi connectivity index (χ1n) is 5.32. The molecule has 21 heavy (non-hydrogen) atoms. The van der Waals surface area contributed by atoms with Crippen molar-refractivity contribution in [2.45, 2.75) is 23.2 Å². The molecule has 118 valence electrons. The van der Waals surface area contributed by atoms with Crippen LogP contribution in [0.5, 0.6) is 0 Å². The lowest BCUT2D eigenvalue weighted by atomic mass is 10.0. The van der Waals surface area contributed by atoms with Crippen LogP contribution < -0.4 is 4.72 Å². The van der Waals surface area contributed by atoms with E-state index in [1.165, 1.54) is 0 Å². The van der Waals surface area contributed by atoms with Gasteiger partial charge in [0, 0.05) is 12.6 Å². The zero-order chi connectivity index (χ0) is 16.4. The van der Waals surface area contributed by atoms with Gasteiger partial charge in [-0.3, -0.25) is 14.9 Å². The standard InChI is InChI=1S/C9H11ClN2O7S2/c1-9(15,3-6(13)14)4-11-21(18,19)7-2-5(12(16)17)8(10)20-7/h2,11,15H,3-4H2,1H3,(H,13,14). The molecule has 1 heterocycles. The fourth-order valence-corrected chi connectivity index (χ4v) is 4.18. The first-order chi connectivity index (χ1) is 9.44. The molecule has 12 heteroatoms. The van der Waals surface area contributed by atoms with E-state index in [2.05, 4.69) is 0 Å². The third-order valence-corrected chi connectivity index (χ3v) is 5.50. The van der Waals surface area contributed by atoms with E-state index in [4.69, 9.17) is 16.7 Å². The highest BCUT2D eigenvalue weighted by atomic mass is 35.5. The molecule has 0 aliphatic carbocycles. The van der Waals surface area contributed by atoms with Gasteiger partial charge < -0.3 is 10.2 Å². The van der Waals surface area contributed by atoms with E-state index in [9.17, 15) is 28.4 Å². The van der Waals surface area contributed by atoms with Crippen LogP contribution in [0.4, 0.5) is 5.69 Å². The molecule has 0 aromatic carbocycles. The minimum Gasteiger partial charge on any atom is -0.481 e. The number of hydrogen-bond donors (Lipinski definition) is 3. The van der Waals surface area contributed by atoms with Crippen molar-refractivity contribution >= 4 is 44.6 Å². The van der Waals surface area contributed by atoms with Crippen molar-refractivity contribution in [2.24, 2.45) is 0 Å². The summed E-state index contributed by atoms with van der Waals surface area (Å²) in [5.74, 6) is -1.30. The molecule has 3 N–H and O–H groups in total. The number of nitrogens with one attached hydrogen (secondary N) is 1. The Balaban J connectivity index is 2.90. The second-order valence-corrected chi connectivity index (χ2v) is 8.02. The zero-order valence-electron chi connectivity index (χ0n) is 10.6. The molecular weight excluding hydrogens is 348 g/mol. The Labute approximate surface area is 128 Å². The first kappa shape index (κ1) is 17.8. The summed E-state index contributed by atoms with van der Waals surface area (Å²) < 4.78 is 25.1. The summed E-state index contributed by atoms with van der Waals surface area (Å²) in [6, 6.07) is 0.793. The molecule has 0 bridgehead atoms. The number of nitrogens with zero attached hydrogens (tertiary/aromatic N) is 1. The molecular formula is C9H11ClN2O7S2. The fourth-order valence-electron chi connectivity index (χ4n) is 1.31. The Bertz CT molecular complexity index is 668. The predicted molar refractivity (Wildman–Crippen MR) is 74.0 cm³/mol. The van der Waals surface area contributed by atoms with Crippen molar-refractivity contribution in [3.63, 3.8) is 0 Å².